The highest BCUT2D eigenvalue weighted by Gasteiger charge is 2.31. The van der Waals surface area contributed by atoms with Crippen molar-refractivity contribution in [3.8, 4) is 11.5 Å². The third-order valence-electron chi connectivity index (χ3n) is 3.58. The van der Waals surface area contributed by atoms with E-state index in [0.717, 1.165) is 24.6 Å². The summed E-state index contributed by atoms with van der Waals surface area (Å²) in [7, 11) is 7.62. The van der Waals surface area contributed by atoms with Crippen molar-refractivity contribution in [3.05, 3.63) is 23.8 Å². The minimum atomic E-state index is 0.382. The Morgan fingerprint density at radius 2 is 1.94 bits per heavy atom. The average molecular weight is 250 g/mol. The molecule has 1 N–H and O–H groups in total. The lowest BCUT2D eigenvalue weighted by molar-refractivity contribution is 0.157. The second-order valence-electron chi connectivity index (χ2n) is 4.93. The molecule has 0 spiro atoms. The van der Waals surface area contributed by atoms with Crippen LogP contribution in [-0.4, -0.2) is 46.3 Å². The Morgan fingerprint density at radius 1 is 1.22 bits per heavy atom. The van der Waals surface area contributed by atoms with E-state index in [9.17, 15) is 0 Å². The number of benzene rings is 1. The summed E-state index contributed by atoms with van der Waals surface area (Å²) in [5.74, 6) is 2.38. The topological polar surface area (TPSA) is 33.7 Å². The van der Waals surface area contributed by atoms with Crippen molar-refractivity contribution in [2.24, 2.45) is 5.92 Å². The maximum absolute atomic E-state index is 5.51. The number of nitrogens with one attached hydrogen (secondary N) is 1. The molecule has 0 aromatic heterocycles. The van der Waals surface area contributed by atoms with Gasteiger partial charge in [-0.1, -0.05) is 6.07 Å². The molecule has 1 aliphatic rings. The van der Waals surface area contributed by atoms with E-state index in [-0.39, 0.29) is 0 Å². The summed E-state index contributed by atoms with van der Waals surface area (Å²) in [6, 6.07) is 6.45. The fourth-order valence-corrected chi connectivity index (χ4v) is 2.55. The van der Waals surface area contributed by atoms with Gasteiger partial charge in [0.15, 0.2) is 0 Å². The van der Waals surface area contributed by atoms with Crippen molar-refractivity contribution in [2.45, 2.75) is 6.04 Å². The molecule has 1 aromatic rings. The van der Waals surface area contributed by atoms with E-state index in [4.69, 9.17) is 9.47 Å². The van der Waals surface area contributed by atoms with Crippen LogP contribution in [0.15, 0.2) is 18.2 Å². The molecule has 18 heavy (non-hydrogen) atoms. The Morgan fingerprint density at radius 3 is 2.39 bits per heavy atom. The Labute approximate surface area is 109 Å². The molecule has 1 fully saturated rings. The molecule has 0 aliphatic carbocycles. The van der Waals surface area contributed by atoms with E-state index < -0.39 is 0 Å². The van der Waals surface area contributed by atoms with E-state index in [2.05, 4.69) is 30.4 Å². The molecule has 1 unspecified atom stereocenters. The first kappa shape index (κ1) is 13.2. The van der Waals surface area contributed by atoms with Crippen LogP contribution in [-0.2, 0) is 0 Å². The molecule has 0 radical (unpaired) electrons. The third kappa shape index (κ3) is 2.44. The van der Waals surface area contributed by atoms with Gasteiger partial charge in [0, 0.05) is 36.7 Å². The lowest BCUT2D eigenvalue weighted by Crippen LogP contribution is -2.48. The lowest BCUT2D eigenvalue weighted by atomic mass is 9.87. The van der Waals surface area contributed by atoms with Gasteiger partial charge in [-0.15, -0.1) is 0 Å². The third-order valence-corrected chi connectivity index (χ3v) is 3.58. The molecule has 100 valence electrons. The van der Waals surface area contributed by atoms with Crippen LogP contribution in [0, 0.1) is 5.92 Å². The van der Waals surface area contributed by atoms with E-state index in [1.165, 1.54) is 5.56 Å². The van der Waals surface area contributed by atoms with Gasteiger partial charge in [0.05, 0.1) is 14.2 Å². The standard InChI is InChI=1S/C14H22N2O2/c1-16(2)14(10-8-15-9-10)12-6-5-11(17-3)7-13(12)18-4/h5-7,10,14-15H,8-9H2,1-4H3. The SMILES string of the molecule is COc1ccc(C(C2CNC2)N(C)C)c(OC)c1. The Kier molecular flexibility index (Phi) is 4.09. The molecule has 1 aromatic carbocycles. The fourth-order valence-electron chi connectivity index (χ4n) is 2.55. The molecule has 4 heteroatoms. The van der Waals surface area contributed by atoms with Crippen LogP contribution in [0.3, 0.4) is 0 Å². The first-order chi connectivity index (χ1) is 8.67. The van der Waals surface area contributed by atoms with E-state index in [1.54, 1.807) is 14.2 Å². The lowest BCUT2D eigenvalue weighted by Gasteiger charge is -2.39. The first-order valence-electron chi connectivity index (χ1n) is 6.26. The molecule has 0 bridgehead atoms. The van der Waals surface area contributed by atoms with Crippen LogP contribution in [0.5, 0.6) is 11.5 Å². The van der Waals surface area contributed by atoms with Crippen molar-refractivity contribution >= 4 is 0 Å². The van der Waals surface area contributed by atoms with Crippen LogP contribution in [0.2, 0.25) is 0 Å². The molecule has 0 saturated carbocycles. The van der Waals surface area contributed by atoms with Gasteiger partial charge >= 0.3 is 0 Å². The molecule has 1 saturated heterocycles. The fraction of sp³-hybridized carbons (Fsp3) is 0.571. The zero-order chi connectivity index (χ0) is 13.1. The minimum absolute atomic E-state index is 0.382. The average Bonchev–Trinajstić information content (AvgIpc) is 2.32. The van der Waals surface area contributed by atoms with E-state index in [1.807, 2.05) is 12.1 Å². The molecule has 1 heterocycles. The van der Waals surface area contributed by atoms with Crippen molar-refractivity contribution in [1.29, 1.82) is 0 Å². The van der Waals surface area contributed by atoms with Gasteiger partial charge < -0.3 is 19.7 Å². The molecular formula is C14H22N2O2. The monoisotopic (exact) mass is 250 g/mol. The number of nitrogens with zero attached hydrogens (tertiary/aromatic N) is 1. The quantitative estimate of drug-likeness (QED) is 0.859. The summed E-state index contributed by atoms with van der Waals surface area (Å²) in [4.78, 5) is 2.26. The van der Waals surface area contributed by atoms with Gasteiger partial charge in [0.1, 0.15) is 11.5 Å². The van der Waals surface area contributed by atoms with Gasteiger partial charge in [0.2, 0.25) is 0 Å². The summed E-state index contributed by atoms with van der Waals surface area (Å²) >= 11 is 0. The van der Waals surface area contributed by atoms with Crippen LogP contribution in [0.1, 0.15) is 11.6 Å². The highest BCUT2D eigenvalue weighted by atomic mass is 16.5. The normalized spacial score (nSPS) is 17.4. The van der Waals surface area contributed by atoms with Gasteiger partial charge in [-0.3, -0.25) is 0 Å². The molecule has 1 atom stereocenters. The Hall–Kier alpha value is -1.26. The van der Waals surface area contributed by atoms with Crippen molar-refractivity contribution < 1.29 is 9.47 Å². The van der Waals surface area contributed by atoms with Crippen LogP contribution in [0.4, 0.5) is 0 Å². The van der Waals surface area contributed by atoms with Gasteiger partial charge in [0.25, 0.3) is 0 Å². The summed E-state index contributed by atoms with van der Waals surface area (Å²) in [5, 5.41) is 3.33. The number of methoxy groups -OCH3 is 2. The number of rotatable bonds is 5. The predicted molar refractivity (Wildman–Crippen MR) is 72.3 cm³/mol. The largest absolute Gasteiger partial charge is 0.497 e. The Bertz CT molecular complexity index is 403. The van der Waals surface area contributed by atoms with E-state index >= 15 is 0 Å². The predicted octanol–water partition coefficient (Wildman–Crippen LogP) is 1.53. The maximum atomic E-state index is 5.51. The smallest absolute Gasteiger partial charge is 0.127 e. The summed E-state index contributed by atoms with van der Waals surface area (Å²) in [6.45, 7) is 2.13. The van der Waals surface area contributed by atoms with E-state index in [0.29, 0.717) is 12.0 Å². The zero-order valence-corrected chi connectivity index (χ0v) is 11.6. The maximum Gasteiger partial charge on any atom is 0.127 e. The highest BCUT2D eigenvalue weighted by Crippen LogP contribution is 2.37. The van der Waals surface area contributed by atoms with Crippen LogP contribution >= 0.6 is 0 Å². The number of ether oxygens (including phenoxy) is 2. The molecule has 2 rings (SSSR count). The minimum Gasteiger partial charge on any atom is -0.497 e. The summed E-state index contributed by atoms with van der Waals surface area (Å²) < 4.78 is 10.8. The summed E-state index contributed by atoms with van der Waals surface area (Å²) in [6.07, 6.45) is 0. The van der Waals surface area contributed by atoms with Gasteiger partial charge in [-0.25, -0.2) is 0 Å². The van der Waals surface area contributed by atoms with Crippen molar-refractivity contribution in [2.75, 3.05) is 41.4 Å². The number of hydrogen-bond donors (Lipinski definition) is 1. The molecule has 1 aliphatic heterocycles. The second kappa shape index (κ2) is 5.59. The van der Waals surface area contributed by atoms with Crippen molar-refractivity contribution in [3.63, 3.8) is 0 Å². The summed E-state index contributed by atoms with van der Waals surface area (Å²) in [5.41, 5.74) is 1.23. The highest BCUT2D eigenvalue weighted by molar-refractivity contribution is 5.43. The van der Waals surface area contributed by atoms with Gasteiger partial charge in [-0.2, -0.15) is 0 Å². The molecule has 4 nitrogen and oxygen atoms in total. The van der Waals surface area contributed by atoms with Gasteiger partial charge in [-0.05, 0) is 20.2 Å². The zero-order valence-electron chi connectivity index (χ0n) is 11.6. The van der Waals surface area contributed by atoms with Crippen LogP contribution in [0.25, 0.3) is 0 Å². The Balaban J connectivity index is 2.33. The first-order valence-corrected chi connectivity index (χ1v) is 6.26. The van der Waals surface area contributed by atoms with Crippen molar-refractivity contribution in [1.82, 2.24) is 10.2 Å². The molecular weight excluding hydrogens is 228 g/mol. The second-order valence-corrected chi connectivity index (χ2v) is 4.93. The van der Waals surface area contributed by atoms with Crippen LogP contribution < -0.4 is 14.8 Å². The number of hydrogen-bond acceptors (Lipinski definition) is 4. The molecule has 0 amide bonds.